The lowest BCUT2D eigenvalue weighted by atomic mass is 10.2. The van der Waals surface area contributed by atoms with Crippen molar-refractivity contribution in [2.24, 2.45) is 0 Å². The summed E-state index contributed by atoms with van der Waals surface area (Å²) in [7, 11) is 0. The fourth-order valence-electron chi connectivity index (χ4n) is 2.75. The Kier molecular flexibility index (Phi) is 4.72. The molecule has 136 valence electrons. The second-order valence-electron chi connectivity index (χ2n) is 6.19. The van der Waals surface area contributed by atoms with E-state index < -0.39 is 0 Å². The van der Waals surface area contributed by atoms with Crippen LogP contribution in [0.2, 0.25) is 0 Å². The van der Waals surface area contributed by atoms with Crippen molar-refractivity contribution in [3.05, 3.63) is 48.2 Å². The first-order valence-corrected chi connectivity index (χ1v) is 9.53. The van der Waals surface area contributed by atoms with Crippen LogP contribution in [-0.2, 0) is 4.79 Å². The fraction of sp³-hybridized carbons (Fsp3) is 0.211. The zero-order chi connectivity index (χ0) is 18.8. The number of amides is 1. The van der Waals surface area contributed by atoms with Crippen LogP contribution in [0.25, 0.3) is 22.1 Å². The van der Waals surface area contributed by atoms with Crippen LogP contribution in [0.3, 0.4) is 0 Å². The van der Waals surface area contributed by atoms with E-state index in [0.717, 1.165) is 22.0 Å². The van der Waals surface area contributed by atoms with E-state index in [1.807, 2.05) is 44.2 Å². The number of carbonyl (C=O) groups is 1. The summed E-state index contributed by atoms with van der Waals surface area (Å²) in [4.78, 5) is 24.6. The molecule has 0 bridgehead atoms. The normalized spacial score (nSPS) is 12.4. The van der Waals surface area contributed by atoms with Crippen molar-refractivity contribution in [3.8, 4) is 0 Å². The number of carbonyl (C=O) groups excluding carboxylic acids is 1. The molecule has 0 saturated heterocycles. The Balaban J connectivity index is 1.54. The quantitative estimate of drug-likeness (QED) is 0.514. The molecule has 3 heterocycles. The van der Waals surface area contributed by atoms with Gasteiger partial charge >= 0.3 is 0 Å². The van der Waals surface area contributed by atoms with Gasteiger partial charge in [0.15, 0.2) is 5.65 Å². The SMILES string of the molecule is CCC(Sc1nnc2c(n1)[nH]c1ccccc12)C(=O)Nc1ccc(C)cn1. The molecule has 1 unspecified atom stereocenters. The third kappa shape index (κ3) is 3.61. The number of aromatic nitrogens is 5. The van der Waals surface area contributed by atoms with Crippen molar-refractivity contribution in [2.75, 3.05) is 5.32 Å². The number of fused-ring (bicyclic) bond motifs is 3. The third-order valence-electron chi connectivity index (χ3n) is 4.18. The Labute approximate surface area is 160 Å². The van der Waals surface area contributed by atoms with Gasteiger partial charge < -0.3 is 10.3 Å². The number of thioether (sulfide) groups is 1. The maximum atomic E-state index is 12.6. The summed E-state index contributed by atoms with van der Waals surface area (Å²) >= 11 is 1.30. The smallest absolute Gasteiger partial charge is 0.239 e. The van der Waals surface area contributed by atoms with Gasteiger partial charge in [-0.25, -0.2) is 9.97 Å². The van der Waals surface area contributed by atoms with Gasteiger partial charge in [-0.2, -0.15) is 0 Å². The van der Waals surface area contributed by atoms with Crippen LogP contribution in [0.4, 0.5) is 5.82 Å². The predicted molar refractivity (Wildman–Crippen MR) is 107 cm³/mol. The van der Waals surface area contributed by atoms with Crippen molar-refractivity contribution in [1.29, 1.82) is 0 Å². The molecule has 4 rings (SSSR count). The molecule has 0 aliphatic rings. The molecular formula is C19H18N6OS. The molecule has 0 aliphatic heterocycles. The highest BCUT2D eigenvalue weighted by Crippen LogP contribution is 2.26. The van der Waals surface area contributed by atoms with E-state index in [-0.39, 0.29) is 11.2 Å². The van der Waals surface area contributed by atoms with Gasteiger partial charge in [-0.3, -0.25) is 4.79 Å². The lowest BCUT2D eigenvalue weighted by Crippen LogP contribution is -2.25. The summed E-state index contributed by atoms with van der Waals surface area (Å²) in [5.41, 5.74) is 3.41. The van der Waals surface area contributed by atoms with Crippen molar-refractivity contribution in [3.63, 3.8) is 0 Å². The number of rotatable bonds is 5. The lowest BCUT2D eigenvalue weighted by Gasteiger charge is -2.13. The van der Waals surface area contributed by atoms with Gasteiger partial charge in [-0.05, 0) is 31.0 Å². The second kappa shape index (κ2) is 7.32. The molecule has 0 saturated carbocycles. The molecule has 1 atom stereocenters. The molecule has 0 aliphatic carbocycles. The first-order valence-electron chi connectivity index (χ1n) is 8.65. The van der Waals surface area contributed by atoms with Gasteiger partial charge in [-0.1, -0.05) is 43.0 Å². The number of hydrogen-bond acceptors (Lipinski definition) is 6. The van der Waals surface area contributed by atoms with Crippen molar-refractivity contribution >= 4 is 45.6 Å². The topological polar surface area (TPSA) is 96.5 Å². The van der Waals surface area contributed by atoms with Crippen LogP contribution >= 0.6 is 11.8 Å². The standard InChI is InChI=1S/C19H18N6OS/c1-3-14(18(26)22-15-9-8-11(2)10-20-15)27-19-23-17-16(24-25-19)12-6-4-5-7-13(12)21-17/h4-10,14H,3H2,1-2H3,(H,20,22,26)(H,21,23,25). The fourth-order valence-corrected chi connectivity index (χ4v) is 3.57. The molecule has 0 radical (unpaired) electrons. The molecule has 0 fully saturated rings. The van der Waals surface area contributed by atoms with E-state index in [0.29, 0.717) is 23.0 Å². The Hall–Kier alpha value is -3.00. The number of para-hydroxylation sites is 1. The number of hydrogen-bond donors (Lipinski definition) is 2. The minimum absolute atomic E-state index is 0.126. The zero-order valence-corrected chi connectivity index (χ0v) is 15.7. The maximum Gasteiger partial charge on any atom is 0.239 e. The molecule has 1 amide bonds. The van der Waals surface area contributed by atoms with Crippen LogP contribution < -0.4 is 5.32 Å². The third-order valence-corrected chi connectivity index (χ3v) is 5.39. The van der Waals surface area contributed by atoms with E-state index >= 15 is 0 Å². The number of aromatic amines is 1. The highest BCUT2D eigenvalue weighted by Gasteiger charge is 2.21. The number of anilines is 1. The van der Waals surface area contributed by atoms with Gasteiger partial charge in [0.2, 0.25) is 11.1 Å². The van der Waals surface area contributed by atoms with Gasteiger partial charge in [0, 0.05) is 17.1 Å². The first-order chi connectivity index (χ1) is 13.1. The average molecular weight is 378 g/mol. The number of benzene rings is 1. The monoisotopic (exact) mass is 378 g/mol. The lowest BCUT2D eigenvalue weighted by molar-refractivity contribution is -0.115. The molecule has 27 heavy (non-hydrogen) atoms. The van der Waals surface area contributed by atoms with Crippen molar-refractivity contribution < 1.29 is 4.79 Å². The van der Waals surface area contributed by atoms with Crippen molar-refractivity contribution in [1.82, 2.24) is 25.1 Å². The highest BCUT2D eigenvalue weighted by molar-refractivity contribution is 8.00. The van der Waals surface area contributed by atoms with Gasteiger partial charge in [-0.15, -0.1) is 10.2 Å². The number of nitrogens with one attached hydrogen (secondary N) is 2. The molecule has 4 aromatic rings. The van der Waals surface area contributed by atoms with Crippen LogP contribution in [0.15, 0.2) is 47.8 Å². The van der Waals surface area contributed by atoms with E-state index in [1.54, 1.807) is 12.3 Å². The molecule has 7 nitrogen and oxygen atoms in total. The summed E-state index contributed by atoms with van der Waals surface area (Å²) in [6.45, 7) is 3.91. The Morgan fingerprint density at radius 2 is 2.07 bits per heavy atom. The molecule has 3 aromatic heterocycles. The number of aryl methyl sites for hydroxylation is 1. The molecular weight excluding hydrogens is 360 g/mol. The van der Waals surface area contributed by atoms with Crippen LogP contribution in [0.5, 0.6) is 0 Å². The average Bonchev–Trinajstić information content (AvgIpc) is 3.05. The van der Waals surface area contributed by atoms with E-state index in [9.17, 15) is 4.79 Å². The number of H-pyrrole nitrogens is 1. The largest absolute Gasteiger partial charge is 0.338 e. The van der Waals surface area contributed by atoms with Crippen LogP contribution in [-0.4, -0.2) is 36.3 Å². The summed E-state index contributed by atoms with van der Waals surface area (Å²) in [5, 5.41) is 12.5. The first kappa shape index (κ1) is 17.4. The van der Waals surface area contributed by atoms with E-state index in [2.05, 4.69) is 30.5 Å². The van der Waals surface area contributed by atoms with Gasteiger partial charge in [0.1, 0.15) is 11.3 Å². The summed E-state index contributed by atoms with van der Waals surface area (Å²) in [6.07, 6.45) is 2.36. The Morgan fingerprint density at radius 3 is 2.85 bits per heavy atom. The Morgan fingerprint density at radius 1 is 1.22 bits per heavy atom. The van der Waals surface area contributed by atoms with Gasteiger partial charge in [0.25, 0.3) is 0 Å². The van der Waals surface area contributed by atoms with E-state index in [1.165, 1.54) is 11.8 Å². The van der Waals surface area contributed by atoms with Gasteiger partial charge in [0.05, 0.1) is 5.25 Å². The van der Waals surface area contributed by atoms with E-state index in [4.69, 9.17) is 0 Å². The minimum atomic E-state index is -0.336. The molecule has 8 heteroatoms. The van der Waals surface area contributed by atoms with Crippen molar-refractivity contribution in [2.45, 2.75) is 30.7 Å². The molecule has 0 spiro atoms. The summed E-state index contributed by atoms with van der Waals surface area (Å²) in [5.74, 6) is 0.411. The molecule has 2 N–H and O–H groups in total. The van der Waals surface area contributed by atoms with Crippen LogP contribution in [0, 0.1) is 6.92 Å². The number of nitrogens with zero attached hydrogens (tertiary/aromatic N) is 4. The number of pyridine rings is 1. The maximum absolute atomic E-state index is 12.6. The Bertz CT molecular complexity index is 1110. The summed E-state index contributed by atoms with van der Waals surface area (Å²) in [6, 6.07) is 11.6. The second-order valence-corrected chi connectivity index (χ2v) is 7.36. The van der Waals surface area contributed by atoms with Crippen LogP contribution in [0.1, 0.15) is 18.9 Å². The molecule has 1 aromatic carbocycles. The highest BCUT2D eigenvalue weighted by atomic mass is 32.2. The predicted octanol–water partition coefficient (Wildman–Crippen LogP) is 3.72. The summed E-state index contributed by atoms with van der Waals surface area (Å²) < 4.78 is 0. The zero-order valence-electron chi connectivity index (χ0n) is 14.9. The minimum Gasteiger partial charge on any atom is -0.338 e.